The van der Waals surface area contributed by atoms with Gasteiger partial charge < -0.3 is 9.88 Å². The summed E-state index contributed by atoms with van der Waals surface area (Å²) in [6.45, 7) is 1.16. The first-order valence-electron chi connectivity index (χ1n) is 9.65. The maximum atomic E-state index is 12.3. The summed E-state index contributed by atoms with van der Waals surface area (Å²) in [5.41, 5.74) is 0.843. The standard InChI is InChI=1S/C21H20N6O3/c28-17(7-3-12-27-20(29)15-5-1-2-6-16(15)21(27)30)22-10-13-26-14-11-25-19(26)18-23-8-4-9-24-18/h1-2,4-6,8-9,11,14H,3,7,10,12-13H2,(H,22,28). The molecule has 0 aliphatic carbocycles. The number of imidazole rings is 1. The maximum absolute atomic E-state index is 12.3. The van der Waals surface area contributed by atoms with Crippen molar-refractivity contribution < 1.29 is 14.4 Å². The average molecular weight is 404 g/mol. The molecule has 9 nitrogen and oxygen atoms in total. The van der Waals surface area contributed by atoms with E-state index in [0.29, 0.717) is 42.3 Å². The highest BCUT2D eigenvalue weighted by molar-refractivity contribution is 6.21. The van der Waals surface area contributed by atoms with Gasteiger partial charge in [0.05, 0.1) is 11.1 Å². The number of aromatic nitrogens is 4. The summed E-state index contributed by atoms with van der Waals surface area (Å²) in [5.74, 6) is 0.424. The summed E-state index contributed by atoms with van der Waals surface area (Å²) in [6, 6.07) is 8.49. The monoisotopic (exact) mass is 404 g/mol. The number of carbonyl (C=O) groups excluding carboxylic acids is 3. The maximum Gasteiger partial charge on any atom is 0.261 e. The highest BCUT2D eigenvalue weighted by Gasteiger charge is 2.34. The molecule has 1 aliphatic heterocycles. The predicted molar refractivity (Wildman–Crippen MR) is 107 cm³/mol. The van der Waals surface area contributed by atoms with Gasteiger partial charge in [-0.15, -0.1) is 0 Å². The normalized spacial score (nSPS) is 12.9. The van der Waals surface area contributed by atoms with Crippen molar-refractivity contribution in [3.05, 3.63) is 66.2 Å². The third-order valence-corrected chi connectivity index (χ3v) is 4.82. The molecule has 9 heteroatoms. The number of amides is 3. The topological polar surface area (TPSA) is 110 Å². The minimum Gasteiger partial charge on any atom is -0.354 e. The fourth-order valence-electron chi connectivity index (χ4n) is 3.35. The van der Waals surface area contributed by atoms with E-state index in [1.165, 1.54) is 4.90 Å². The molecule has 3 heterocycles. The Balaban J connectivity index is 1.22. The van der Waals surface area contributed by atoms with Crippen LogP contribution < -0.4 is 5.32 Å². The number of carbonyl (C=O) groups is 3. The summed E-state index contributed by atoms with van der Waals surface area (Å²) in [4.78, 5) is 50.6. The minimum atomic E-state index is -0.299. The second kappa shape index (κ2) is 8.64. The van der Waals surface area contributed by atoms with Gasteiger partial charge in [-0.25, -0.2) is 15.0 Å². The third kappa shape index (κ3) is 3.95. The molecule has 0 unspecified atom stereocenters. The van der Waals surface area contributed by atoms with Crippen molar-refractivity contribution in [2.45, 2.75) is 19.4 Å². The highest BCUT2D eigenvalue weighted by Crippen LogP contribution is 2.22. The molecule has 1 aliphatic rings. The Labute approximate surface area is 172 Å². The van der Waals surface area contributed by atoms with E-state index in [4.69, 9.17) is 0 Å². The van der Waals surface area contributed by atoms with Crippen LogP contribution in [-0.2, 0) is 11.3 Å². The SMILES string of the molecule is O=C(CCCN1C(=O)c2ccccc2C1=O)NCCn1ccnc1-c1ncccn1. The van der Waals surface area contributed by atoms with Gasteiger partial charge in [0.25, 0.3) is 11.8 Å². The van der Waals surface area contributed by atoms with Crippen LogP contribution in [0.4, 0.5) is 0 Å². The fraction of sp³-hybridized carbons (Fsp3) is 0.238. The molecule has 3 aromatic rings. The van der Waals surface area contributed by atoms with Crippen LogP contribution in [0.1, 0.15) is 33.6 Å². The summed E-state index contributed by atoms with van der Waals surface area (Å²) in [7, 11) is 0. The predicted octanol–water partition coefficient (Wildman–Crippen LogP) is 1.53. The largest absolute Gasteiger partial charge is 0.354 e. The molecule has 152 valence electrons. The van der Waals surface area contributed by atoms with Crippen LogP contribution in [0.25, 0.3) is 11.6 Å². The first kappa shape index (κ1) is 19.4. The van der Waals surface area contributed by atoms with E-state index in [0.717, 1.165) is 0 Å². The highest BCUT2D eigenvalue weighted by atomic mass is 16.2. The lowest BCUT2D eigenvalue weighted by atomic mass is 10.1. The fourth-order valence-corrected chi connectivity index (χ4v) is 3.35. The Morgan fingerprint density at radius 3 is 2.30 bits per heavy atom. The van der Waals surface area contributed by atoms with Gasteiger partial charge in [-0.2, -0.15) is 0 Å². The van der Waals surface area contributed by atoms with Gasteiger partial charge >= 0.3 is 0 Å². The molecule has 0 radical (unpaired) electrons. The number of hydrogen-bond donors (Lipinski definition) is 1. The van der Waals surface area contributed by atoms with E-state index in [9.17, 15) is 14.4 Å². The number of imide groups is 1. The Hall–Kier alpha value is -3.88. The molecule has 4 rings (SSSR count). The van der Waals surface area contributed by atoms with E-state index in [1.54, 1.807) is 55.1 Å². The molecule has 30 heavy (non-hydrogen) atoms. The molecule has 3 amide bonds. The smallest absolute Gasteiger partial charge is 0.261 e. The summed E-state index contributed by atoms with van der Waals surface area (Å²) < 4.78 is 1.87. The third-order valence-electron chi connectivity index (χ3n) is 4.82. The van der Waals surface area contributed by atoms with Gasteiger partial charge in [0.2, 0.25) is 5.91 Å². The zero-order valence-corrected chi connectivity index (χ0v) is 16.2. The van der Waals surface area contributed by atoms with Crippen molar-refractivity contribution in [3.63, 3.8) is 0 Å². The molecule has 0 saturated heterocycles. The Morgan fingerprint density at radius 1 is 0.900 bits per heavy atom. The lowest BCUT2D eigenvalue weighted by Gasteiger charge is -2.13. The quantitative estimate of drug-likeness (QED) is 0.570. The van der Waals surface area contributed by atoms with E-state index < -0.39 is 0 Å². The molecular formula is C21H20N6O3. The van der Waals surface area contributed by atoms with Crippen LogP contribution in [-0.4, -0.2) is 55.2 Å². The molecule has 1 aromatic carbocycles. The molecule has 0 saturated carbocycles. The average Bonchev–Trinajstić information content (AvgIpc) is 3.33. The van der Waals surface area contributed by atoms with Gasteiger partial charge in [0.15, 0.2) is 11.6 Å². The number of nitrogens with zero attached hydrogens (tertiary/aromatic N) is 5. The Kier molecular flexibility index (Phi) is 5.60. The van der Waals surface area contributed by atoms with Crippen LogP contribution >= 0.6 is 0 Å². The van der Waals surface area contributed by atoms with Crippen LogP contribution in [0, 0.1) is 0 Å². The second-order valence-electron chi connectivity index (χ2n) is 6.78. The lowest BCUT2D eigenvalue weighted by Crippen LogP contribution is -2.32. The van der Waals surface area contributed by atoms with E-state index in [-0.39, 0.29) is 30.7 Å². The number of hydrogen-bond acceptors (Lipinski definition) is 6. The molecule has 1 N–H and O–H groups in total. The van der Waals surface area contributed by atoms with E-state index >= 15 is 0 Å². The van der Waals surface area contributed by atoms with Crippen LogP contribution in [0.3, 0.4) is 0 Å². The first-order chi connectivity index (χ1) is 14.6. The zero-order valence-electron chi connectivity index (χ0n) is 16.2. The van der Waals surface area contributed by atoms with Gasteiger partial charge in [0, 0.05) is 50.8 Å². The minimum absolute atomic E-state index is 0.135. The number of benzene rings is 1. The zero-order chi connectivity index (χ0) is 20.9. The lowest BCUT2D eigenvalue weighted by molar-refractivity contribution is -0.121. The molecular weight excluding hydrogens is 384 g/mol. The molecule has 2 aromatic heterocycles. The number of nitrogens with one attached hydrogen (secondary N) is 1. The van der Waals surface area contributed by atoms with E-state index in [2.05, 4.69) is 20.3 Å². The summed E-state index contributed by atoms with van der Waals surface area (Å²) in [6.07, 6.45) is 7.40. The first-order valence-corrected chi connectivity index (χ1v) is 9.65. The Bertz CT molecular complexity index is 1040. The van der Waals surface area contributed by atoms with Crippen molar-refractivity contribution >= 4 is 17.7 Å². The van der Waals surface area contributed by atoms with Crippen molar-refractivity contribution in [2.75, 3.05) is 13.1 Å². The molecule has 0 bridgehead atoms. The number of fused-ring (bicyclic) bond motifs is 1. The molecule has 0 atom stereocenters. The van der Waals surface area contributed by atoms with E-state index in [1.807, 2.05) is 4.57 Å². The van der Waals surface area contributed by atoms with Crippen LogP contribution in [0.15, 0.2) is 55.1 Å². The van der Waals surface area contributed by atoms with Crippen LogP contribution in [0.2, 0.25) is 0 Å². The van der Waals surface area contributed by atoms with Crippen LogP contribution in [0.5, 0.6) is 0 Å². The van der Waals surface area contributed by atoms with Crippen molar-refractivity contribution in [1.82, 2.24) is 29.7 Å². The number of rotatable bonds is 8. The summed E-state index contributed by atoms with van der Waals surface area (Å²) >= 11 is 0. The van der Waals surface area contributed by atoms with Gasteiger partial charge in [0.1, 0.15) is 0 Å². The van der Waals surface area contributed by atoms with Gasteiger partial charge in [-0.3, -0.25) is 19.3 Å². The van der Waals surface area contributed by atoms with Gasteiger partial charge in [-0.1, -0.05) is 12.1 Å². The molecule has 0 spiro atoms. The second-order valence-corrected chi connectivity index (χ2v) is 6.78. The van der Waals surface area contributed by atoms with Crippen molar-refractivity contribution in [1.29, 1.82) is 0 Å². The van der Waals surface area contributed by atoms with Gasteiger partial charge in [-0.05, 0) is 24.6 Å². The van der Waals surface area contributed by atoms with Crippen molar-refractivity contribution in [2.24, 2.45) is 0 Å². The molecule has 0 fully saturated rings. The summed E-state index contributed by atoms with van der Waals surface area (Å²) in [5, 5.41) is 2.85. The Morgan fingerprint density at radius 2 is 1.60 bits per heavy atom. The van der Waals surface area contributed by atoms with Crippen molar-refractivity contribution in [3.8, 4) is 11.6 Å².